The van der Waals surface area contributed by atoms with E-state index in [1.165, 1.54) is 37.7 Å². The van der Waals surface area contributed by atoms with Crippen molar-refractivity contribution >= 4 is 11.4 Å². The fourth-order valence-electron chi connectivity index (χ4n) is 5.80. The molecule has 2 aliphatic carbocycles. The van der Waals surface area contributed by atoms with Crippen molar-refractivity contribution in [3.05, 3.63) is 47.7 Å². The number of halogens is 2. The predicted octanol–water partition coefficient (Wildman–Crippen LogP) is 7.16. The number of aryl methyl sites for hydroxylation is 1. The van der Waals surface area contributed by atoms with Crippen molar-refractivity contribution in [2.45, 2.75) is 83.0 Å². The molecule has 1 aromatic carbocycles. The summed E-state index contributed by atoms with van der Waals surface area (Å²) < 4.78 is 38.1. The largest absolute Gasteiger partial charge is 0.475 e. The van der Waals surface area contributed by atoms with Crippen molar-refractivity contribution in [3.63, 3.8) is 0 Å². The summed E-state index contributed by atoms with van der Waals surface area (Å²) in [4.78, 5) is 11.4. The number of rotatable bonds is 8. The Hall–Kier alpha value is -2.70. The summed E-state index contributed by atoms with van der Waals surface area (Å²) in [5.74, 6) is -1.33. The molecule has 1 aliphatic heterocycles. The van der Waals surface area contributed by atoms with E-state index >= 15 is 0 Å². The van der Waals surface area contributed by atoms with Crippen molar-refractivity contribution in [1.82, 2.24) is 9.97 Å². The minimum Gasteiger partial charge on any atom is -0.475 e. The molecule has 7 heteroatoms. The van der Waals surface area contributed by atoms with Crippen molar-refractivity contribution in [1.29, 1.82) is 0 Å². The van der Waals surface area contributed by atoms with E-state index in [0.29, 0.717) is 38.0 Å². The van der Waals surface area contributed by atoms with E-state index in [0.717, 1.165) is 35.5 Å². The maximum absolute atomic E-state index is 13.1. The van der Waals surface area contributed by atoms with Gasteiger partial charge in [-0.3, -0.25) is 0 Å². The molecule has 5 nitrogen and oxygen atoms in total. The lowest BCUT2D eigenvalue weighted by Crippen LogP contribution is -2.36. The van der Waals surface area contributed by atoms with Crippen LogP contribution in [-0.2, 0) is 6.42 Å². The minimum absolute atomic E-state index is 0.00465. The molecule has 0 spiro atoms. The first-order valence-corrected chi connectivity index (χ1v) is 13.5. The third kappa shape index (κ3) is 5.50. The Labute approximate surface area is 212 Å². The summed E-state index contributed by atoms with van der Waals surface area (Å²) in [6.45, 7) is 7.99. The fraction of sp³-hybridized carbons (Fsp3) is 0.586. The van der Waals surface area contributed by atoms with Crippen LogP contribution in [0.25, 0.3) is 5.70 Å². The van der Waals surface area contributed by atoms with Crippen molar-refractivity contribution in [3.8, 4) is 11.9 Å². The molecule has 0 amide bonds. The number of fused-ring (bicyclic) bond motifs is 1. The summed E-state index contributed by atoms with van der Waals surface area (Å²) in [5.41, 5.74) is 5.04. The molecular weight excluding hydrogens is 460 g/mol. The maximum Gasteiger partial charge on any atom is 0.319 e. The zero-order valence-corrected chi connectivity index (χ0v) is 21.3. The molecule has 2 saturated carbocycles. The van der Waals surface area contributed by atoms with Gasteiger partial charge in [0.05, 0.1) is 24.4 Å². The number of anilines is 1. The summed E-state index contributed by atoms with van der Waals surface area (Å²) in [6.07, 6.45) is 8.70. The van der Waals surface area contributed by atoms with Crippen LogP contribution in [0.15, 0.2) is 30.8 Å². The van der Waals surface area contributed by atoms with E-state index in [2.05, 4.69) is 47.7 Å². The molecule has 194 valence electrons. The zero-order chi connectivity index (χ0) is 25.1. The molecule has 2 heterocycles. The second-order valence-electron chi connectivity index (χ2n) is 10.5. The molecule has 5 rings (SSSR count). The van der Waals surface area contributed by atoms with Gasteiger partial charge in [-0.2, -0.15) is 9.97 Å². The molecule has 0 atom stereocenters. The molecule has 0 bridgehead atoms. The highest BCUT2D eigenvalue weighted by atomic mass is 19.3. The lowest BCUT2D eigenvalue weighted by Gasteiger charge is -2.34. The normalized spacial score (nSPS) is 20.3. The van der Waals surface area contributed by atoms with Crippen LogP contribution >= 0.6 is 0 Å². The fourth-order valence-corrected chi connectivity index (χ4v) is 5.80. The number of ether oxygens (including phenoxy) is 2. The highest BCUT2D eigenvalue weighted by Gasteiger charge is 2.44. The second-order valence-corrected chi connectivity index (χ2v) is 10.5. The monoisotopic (exact) mass is 497 g/mol. The Morgan fingerprint density at radius 1 is 1.11 bits per heavy atom. The number of hydrogen-bond acceptors (Lipinski definition) is 5. The second kappa shape index (κ2) is 10.7. The van der Waals surface area contributed by atoms with Crippen LogP contribution in [0.5, 0.6) is 11.9 Å². The van der Waals surface area contributed by atoms with Crippen LogP contribution < -0.4 is 14.4 Å². The SMILES string of the molecule is C=C1c2c(CCC)nc(OCCC3CC(F)(F)C3)nc2OCCN1c1ccc(C2CCCCC2)cc1. The first-order valence-electron chi connectivity index (χ1n) is 13.5. The maximum atomic E-state index is 13.1. The third-order valence-corrected chi connectivity index (χ3v) is 7.80. The summed E-state index contributed by atoms with van der Waals surface area (Å²) >= 11 is 0. The van der Waals surface area contributed by atoms with Gasteiger partial charge in [0, 0.05) is 24.2 Å². The Morgan fingerprint density at radius 2 is 1.86 bits per heavy atom. The number of benzene rings is 1. The molecule has 0 unspecified atom stereocenters. The summed E-state index contributed by atoms with van der Waals surface area (Å²) in [7, 11) is 0. The summed E-state index contributed by atoms with van der Waals surface area (Å²) in [5, 5.41) is 0. The van der Waals surface area contributed by atoms with Crippen LogP contribution in [0.3, 0.4) is 0 Å². The van der Waals surface area contributed by atoms with Gasteiger partial charge >= 0.3 is 6.01 Å². The molecule has 3 aliphatic rings. The van der Waals surface area contributed by atoms with E-state index in [4.69, 9.17) is 14.5 Å². The molecule has 1 aromatic heterocycles. The number of aromatic nitrogens is 2. The van der Waals surface area contributed by atoms with Crippen molar-refractivity contribution < 1.29 is 18.3 Å². The lowest BCUT2D eigenvalue weighted by atomic mass is 9.79. The van der Waals surface area contributed by atoms with E-state index in [9.17, 15) is 8.78 Å². The lowest BCUT2D eigenvalue weighted by molar-refractivity contribution is -0.113. The van der Waals surface area contributed by atoms with E-state index in [1.807, 2.05) is 0 Å². The van der Waals surface area contributed by atoms with Gasteiger partial charge in [-0.05, 0) is 55.2 Å². The van der Waals surface area contributed by atoms with Gasteiger partial charge in [-0.15, -0.1) is 0 Å². The van der Waals surface area contributed by atoms with Gasteiger partial charge in [-0.25, -0.2) is 8.78 Å². The van der Waals surface area contributed by atoms with Crippen LogP contribution in [0, 0.1) is 5.92 Å². The Balaban J connectivity index is 1.32. The molecule has 0 N–H and O–H groups in total. The molecule has 36 heavy (non-hydrogen) atoms. The summed E-state index contributed by atoms with van der Waals surface area (Å²) in [6, 6.07) is 9.18. The van der Waals surface area contributed by atoms with E-state index < -0.39 is 5.92 Å². The van der Waals surface area contributed by atoms with Gasteiger partial charge in [0.1, 0.15) is 6.61 Å². The molecule has 0 saturated heterocycles. The number of alkyl halides is 2. The zero-order valence-electron chi connectivity index (χ0n) is 21.3. The minimum atomic E-state index is -2.50. The average molecular weight is 498 g/mol. The molecule has 2 aromatic rings. The third-order valence-electron chi connectivity index (χ3n) is 7.80. The van der Waals surface area contributed by atoms with Crippen LogP contribution in [0.2, 0.25) is 0 Å². The van der Waals surface area contributed by atoms with E-state index in [1.54, 1.807) is 0 Å². The van der Waals surface area contributed by atoms with Crippen LogP contribution in [-0.4, -0.2) is 35.6 Å². The van der Waals surface area contributed by atoms with Gasteiger partial charge < -0.3 is 14.4 Å². The highest BCUT2D eigenvalue weighted by Crippen LogP contribution is 2.44. The predicted molar refractivity (Wildman–Crippen MR) is 138 cm³/mol. The van der Waals surface area contributed by atoms with Crippen LogP contribution in [0.1, 0.15) is 87.4 Å². The topological polar surface area (TPSA) is 47.5 Å². The van der Waals surface area contributed by atoms with Crippen molar-refractivity contribution in [2.75, 3.05) is 24.7 Å². The Kier molecular flexibility index (Phi) is 7.44. The van der Waals surface area contributed by atoms with Gasteiger partial charge in [0.25, 0.3) is 0 Å². The molecule has 0 radical (unpaired) electrons. The first-order chi connectivity index (χ1) is 17.4. The quantitative estimate of drug-likeness (QED) is 0.387. The highest BCUT2D eigenvalue weighted by molar-refractivity contribution is 5.81. The van der Waals surface area contributed by atoms with Gasteiger partial charge in [0.15, 0.2) is 0 Å². The smallest absolute Gasteiger partial charge is 0.319 e. The Morgan fingerprint density at radius 3 is 2.56 bits per heavy atom. The van der Waals surface area contributed by atoms with E-state index in [-0.39, 0.29) is 24.8 Å². The number of hydrogen-bond donors (Lipinski definition) is 0. The van der Waals surface area contributed by atoms with Gasteiger partial charge in [-0.1, -0.05) is 51.3 Å². The van der Waals surface area contributed by atoms with Gasteiger partial charge in [0.2, 0.25) is 11.8 Å². The average Bonchev–Trinajstić information content (AvgIpc) is 3.02. The van der Waals surface area contributed by atoms with Crippen LogP contribution in [0.4, 0.5) is 14.5 Å². The molecular formula is C29H37F2N3O2. The number of nitrogens with zero attached hydrogens (tertiary/aromatic N) is 3. The Bertz CT molecular complexity index is 1060. The van der Waals surface area contributed by atoms with Crippen molar-refractivity contribution in [2.24, 2.45) is 5.92 Å². The first kappa shape index (κ1) is 25.0. The standard InChI is InChI=1S/C29H37F2N3O2/c1-3-7-25-26-20(2)34(24-12-10-23(11-13-24)22-8-5-4-6-9-22)15-17-35-27(26)33-28(32-25)36-16-14-21-18-29(30,31)19-21/h10-13,21-22H,2-9,14-19H2,1H3. The molecule has 2 fully saturated rings.